The predicted molar refractivity (Wildman–Crippen MR) is 132 cm³/mol. The fourth-order valence-corrected chi connectivity index (χ4v) is 3.71. The first-order valence-electron chi connectivity index (χ1n) is 10.5. The third-order valence-corrected chi connectivity index (χ3v) is 5.88. The SMILES string of the molecule is COc1ccc(C(=O)COc2c(-c3ccc(Cl)cc3)oc3cc(C)c(C)cc3c2=O)cc1OC. The van der Waals surface area contributed by atoms with Crippen LogP contribution < -0.4 is 19.6 Å². The normalized spacial score (nSPS) is 10.9. The quantitative estimate of drug-likeness (QED) is 0.303. The van der Waals surface area contributed by atoms with E-state index in [1.165, 1.54) is 14.2 Å². The second-order valence-corrected chi connectivity index (χ2v) is 8.25. The lowest BCUT2D eigenvalue weighted by atomic mass is 10.0. The van der Waals surface area contributed by atoms with E-state index in [0.29, 0.717) is 38.6 Å². The number of rotatable bonds is 7. The van der Waals surface area contributed by atoms with Crippen LogP contribution in [0.1, 0.15) is 21.5 Å². The lowest BCUT2D eigenvalue weighted by Crippen LogP contribution is -2.17. The highest BCUT2D eigenvalue weighted by atomic mass is 35.5. The van der Waals surface area contributed by atoms with Crippen molar-refractivity contribution in [2.75, 3.05) is 20.8 Å². The summed E-state index contributed by atoms with van der Waals surface area (Å²) in [6.45, 7) is 3.50. The monoisotopic (exact) mass is 478 g/mol. The van der Waals surface area contributed by atoms with Crippen LogP contribution in [0.5, 0.6) is 17.2 Å². The standard InChI is InChI=1S/C27H23ClO6/c1-15-11-20-23(12-16(15)2)34-26(17-5-8-19(28)9-6-17)27(25(20)30)33-14-21(29)18-7-10-22(31-3)24(13-18)32-4/h5-13H,14H2,1-4H3. The fraction of sp³-hybridized carbons (Fsp3) is 0.185. The highest BCUT2D eigenvalue weighted by Gasteiger charge is 2.20. The summed E-state index contributed by atoms with van der Waals surface area (Å²) in [5.41, 5.74) is 3.00. The van der Waals surface area contributed by atoms with Crippen molar-refractivity contribution < 1.29 is 23.4 Å². The zero-order chi connectivity index (χ0) is 24.4. The van der Waals surface area contributed by atoms with Crippen LogP contribution in [0.15, 0.2) is 63.8 Å². The maximum atomic E-state index is 13.4. The Morgan fingerprint density at radius 2 is 1.59 bits per heavy atom. The molecular formula is C27H23ClO6. The third-order valence-electron chi connectivity index (χ3n) is 5.62. The largest absolute Gasteiger partial charge is 0.493 e. The molecule has 0 atom stereocenters. The summed E-state index contributed by atoms with van der Waals surface area (Å²) in [7, 11) is 3.01. The molecule has 0 aliphatic carbocycles. The molecule has 4 aromatic rings. The lowest BCUT2D eigenvalue weighted by Gasteiger charge is -2.13. The number of halogens is 1. The van der Waals surface area contributed by atoms with Gasteiger partial charge in [0.25, 0.3) is 0 Å². The van der Waals surface area contributed by atoms with Crippen LogP contribution in [-0.2, 0) is 0 Å². The van der Waals surface area contributed by atoms with E-state index in [0.717, 1.165) is 11.1 Å². The molecule has 0 aliphatic heterocycles. The molecule has 0 N–H and O–H groups in total. The number of hydrogen-bond acceptors (Lipinski definition) is 6. The van der Waals surface area contributed by atoms with E-state index in [-0.39, 0.29) is 29.3 Å². The van der Waals surface area contributed by atoms with Crippen molar-refractivity contribution in [2.24, 2.45) is 0 Å². The summed E-state index contributed by atoms with van der Waals surface area (Å²) in [5, 5.41) is 0.929. The van der Waals surface area contributed by atoms with Gasteiger partial charge in [-0.25, -0.2) is 0 Å². The first-order chi connectivity index (χ1) is 16.3. The molecule has 6 nitrogen and oxygen atoms in total. The molecule has 174 valence electrons. The Morgan fingerprint density at radius 3 is 2.26 bits per heavy atom. The lowest BCUT2D eigenvalue weighted by molar-refractivity contribution is 0.0920. The van der Waals surface area contributed by atoms with Gasteiger partial charge >= 0.3 is 0 Å². The fourth-order valence-electron chi connectivity index (χ4n) is 3.59. The van der Waals surface area contributed by atoms with E-state index in [9.17, 15) is 9.59 Å². The van der Waals surface area contributed by atoms with Crippen LogP contribution in [0.3, 0.4) is 0 Å². The van der Waals surface area contributed by atoms with Crippen molar-refractivity contribution in [3.63, 3.8) is 0 Å². The Labute approximate surface area is 201 Å². The zero-order valence-electron chi connectivity index (χ0n) is 19.2. The molecule has 0 spiro atoms. The summed E-state index contributed by atoms with van der Waals surface area (Å²) in [6, 6.07) is 15.3. The summed E-state index contributed by atoms with van der Waals surface area (Å²) in [5.74, 6) is 0.795. The average molecular weight is 479 g/mol. The Hall–Kier alpha value is -3.77. The number of methoxy groups -OCH3 is 2. The molecule has 1 aromatic heterocycles. The second-order valence-electron chi connectivity index (χ2n) is 7.81. The van der Waals surface area contributed by atoms with E-state index in [1.807, 2.05) is 19.9 Å². The second kappa shape index (κ2) is 9.61. The highest BCUT2D eigenvalue weighted by molar-refractivity contribution is 6.30. The molecule has 34 heavy (non-hydrogen) atoms. The Bertz CT molecular complexity index is 1440. The van der Waals surface area contributed by atoms with Gasteiger partial charge in [-0.2, -0.15) is 0 Å². The Morgan fingerprint density at radius 1 is 0.912 bits per heavy atom. The minimum absolute atomic E-state index is 0.0353. The van der Waals surface area contributed by atoms with E-state index in [4.69, 9.17) is 30.2 Å². The number of aryl methyl sites for hydroxylation is 2. The highest BCUT2D eigenvalue weighted by Crippen LogP contribution is 2.33. The Kier molecular flexibility index (Phi) is 6.61. The molecule has 0 saturated carbocycles. The van der Waals surface area contributed by atoms with Gasteiger partial charge < -0.3 is 18.6 Å². The van der Waals surface area contributed by atoms with E-state index < -0.39 is 0 Å². The van der Waals surface area contributed by atoms with Gasteiger partial charge in [-0.3, -0.25) is 9.59 Å². The number of carbonyl (C=O) groups is 1. The molecule has 0 bridgehead atoms. The van der Waals surface area contributed by atoms with Crippen molar-refractivity contribution in [3.05, 3.63) is 86.5 Å². The smallest absolute Gasteiger partial charge is 0.235 e. The van der Waals surface area contributed by atoms with Gasteiger partial charge in [-0.1, -0.05) is 11.6 Å². The van der Waals surface area contributed by atoms with Crippen LogP contribution in [0, 0.1) is 13.8 Å². The minimum atomic E-state index is -0.364. The molecule has 0 radical (unpaired) electrons. The van der Waals surface area contributed by atoms with Crippen molar-refractivity contribution in [3.8, 4) is 28.6 Å². The molecule has 4 rings (SSSR count). The maximum absolute atomic E-state index is 13.4. The summed E-state index contributed by atoms with van der Waals surface area (Å²) >= 11 is 6.03. The van der Waals surface area contributed by atoms with Gasteiger partial charge in [-0.15, -0.1) is 0 Å². The van der Waals surface area contributed by atoms with Crippen molar-refractivity contribution in [1.29, 1.82) is 0 Å². The topological polar surface area (TPSA) is 75.0 Å². The molecule has 3 aromatic carbocycles. The first-order valence-corrected chi connectivity index (χ1v) is 10.9. The summed E-state index contributed by atoms with van der Waals surface area (Å²) in [6.07, 6.45) is 0. The van der Waals surface area contributed by atoms with Gasteiger partial charge in [0, 0.05) is 16.1 Å². The molecule has 0 aliphatic rings. The van der Waals surface area contributed by atoms with E-state index >= 15 is 0 Å². The van der Waals surface area contributed by atoms with Crippen LogP contribution in [0.4, 0.5) is 0 Å². The van der Waals surface area contributed by atoms with E-state index in [2.05, 4.69) is 0 Å². The number of carbonyl (C=O) groups excluding carboxylic acids is 1. The molecule has 0 unspecified atom stereocenters. The molecule has 7 heteroatoms. The van der Waals surface area contributed by atoms with E-state index in [1.54, 1.807) is 48.5 Å². The number of Topliss-reactive ketones (excluding diaryl/α,β-unsaturated/α-hetero) is 1. The van der Waals surface area contributed by atoms with Crippen molar-refractivity contribution in [2.45, 2.75) is 13.8 Å². The van der Waals surface area contributed by atoms with Gasteiger partial charge in [0.05, 0.1) is 19.6 Å². The molecule has 0 saturated heterocycles. The Balaban J connectivity index is 1.76. The minimum Gasteiger partial charge on any atom is -0.493 e. The first kappa shape index (κ1) is 23.4. The van der Waals surface area contributed by atoms with Gasteiger partial charge in [0.15, 0.2) is 29.6 Å². The summed E-state index contributed by atoms with van der Waals surface area (Å²) in [4.78, 5) is 26.3. The van der Waals surface area contributed by atoms with Crippen molar-refractivity contribution in [1.82, 2.24) is 0 Å². The molecule has 0 amide bonds. The van der Waals surface area contributed by atoms with Gasteiger partial charge in [0.2, 0.25) is 11.2 Å². The van der Waals surface area contributed by atoms with Crippen LogP contribution in [0.25, 0.3) is 22.3 Å². The van der Waals surface area contributed by atoms with Crippen molar-refractivity contribution >= 4 is 28.4 Å². The molecular weight excluding hydrogens is 456 g/mol. The van der Waals surface area contributed by atoms with Crippen LogP contribution in [0.2, 0.25) is 5.02 Å². The number of benzene rings is 3. The van der Waals surface area contributed by atoms with Gasteiger partial charge in [0.1, 0.15) is 5.58 Å². The number of hydrogen-bond donors (Lipinski definition) is 0. The van der Waals surface area contributed by atoms with Crippen LogP contribution >= 0.6 is 11.6 Å². The van der Waals surface area contributed by atoms with Gasteiger partial charge in [-0.05, 0) is 79.6 Å². The number of fused-ring (bicyclic) bond motifs is 1. The molecule has 1 heterocycles. The summed E-state index contributed by atoms with van der Waals surface area (Å²) < 4.78 is 22.4. The maximum Gasteiger partial charge on any atom is 0.235 e. The predicted octanol–water partition coefficient (Wildman–Crippen LogP) is 6.01. The molecule has 0 fully saturated rings. The number of ketones is 1. The average Bonchev–Trinajstić information content (AvgIpc) is 2.84. The zero-order valence-corrected chi connectivity index (χ0v) is 20.0. The third kappa shape index (κ3) is 4.50. The number of ether oxygens (including phenoxy) is 3. The van der Waals surface area contributed by atoms with Crippen LogP contribution in [-0.4, -0.2) is 26.6 Å².